The van der Waals surface area contributed by atoms with Crippen LogP contribution in [0.1, 0.15) is 32.6 Å². The molecule has 8 nitrogen and oxygen atoms in total. The summed E-state index contributed by atoms with van der Waals surface area (Å²) in [5, 5.41) is 10.1. The van der Waals surface area contributed by atoms with Crippen LogP contribution in [0.3, 0.4) is 0 Å². The van der Waals surface area contributed by atoms with Crippen LogP contribution in [0.2, 0.25) is 0 Å². The zero-order valence-electron chi connectivity index (χ0n) is 18.5. The molecule has 0 saturated heterocycles. The molecule has 0 bridgehead atoms. The summed E-state index contributed by atoms with van der Waals surface area (Å²) in [5.74, 6) is 0.896. The molecule has 5 rings (SSSR count). The van der Waals surface area contributed by atoms with Gasteiger partial charge in [0.15, 0.2) is 11.5 Å². The summed E-state index contributed by atoms with van der Waals surface area (Å²) < 4.78 is 16.2. The second-order valence-corrected chi connectivity index (χ2v) is 9.69. The Morgan fingerprint density at radius 3 is 2.74 bits per heavy atom. The van der Waals surface area contributed by atoms with Gasteiger partial charge in [0.05, 0.1) is 28.1 Å². The van der Waals surface area contributed by atoms with Crippen LogP contribution >= 0.6 is 22.7 Å². The maximum Gasteiger partial charge on any atom is 0.264 e. The fourth-order valence-corrected chi connectivity index (χ4v) is 5.37. The minimum absolute atomic E-state index is 0.0949. The van der Waals surface area contributed by atoms with Crippen molar-refractivity contribution in [3.63, 3.8) is 0 Å². The minimum atomic E-state index is -0.305. The first-order valence-electron chi connectivity index (χ1n) is 10.8. The van der Waals surface area contributed by atoms with Gasteiger partial charge in [0.25, 0.3) is 11.8 Å². The molecule has 0 unspecified atom stereocenters. The second-order valence-electron chi connectivity index (χ2n) is 7.79. The molecule has 1 aromatic carbocycles. The summed E-state index contributed by atoms with van der Waals surface area (Å²) in [7, 11) is 1.57. The van der Waals surface area contributed by atoms with E-state index in [2.05, 4.69) is 0 Å². The SMILES string of the molecule is COCCN(CC(=O)N1N=C(c2cccs2)C[C@H]1c1ccc2c(c1)OCO2)C(=O)c1cccs1. The highest BCUT2D eigenvalue weighted by molar-refractivity contribution is 7.12. The lowest BCUT2D eigenvalue weighted by Gasteiger charge is -2.26. The van der Waals surface area contributed by atoms with Crippen molar-refractivity contribution in [1.29, 1.82) is 0 Å². The van der Waals surface area contributed by atoms with Crippen molar-refractivity contribution in [2.24, 2.45) is 5.10 Å². The molecule has 2 aliphatic heterocycles. The Hall–Kier alpha value is -3.21. The van der Waals surface area contributed by atoms with Crippen LogP contribution in [0.25, 0.3) is 0 Å². The summed E-state index contributed by atoms with van der Waals surface area (Å²) in [6.45, 7) is 0.730. The van der Waals surface area contributed by atoms with Crippen LogP contribution in [0.4, 0.5) is 0 Å². The number of hydrogen-bond acceptors (Lipinski definition) is 8. The Balaban J connectivity index is 1.42. The third-order valence-corrected chi connectivity index (χ3v) is 7.44. The summed E-state index contributed by atoms with van der Waals surface area (Å²) in [5.41, 5.74) is 1.75. The van der Waals surface area contributed by atoms with Crippen molar-refractivity contribution in [1.82, 2.24) is 9.91 Å². The Labute approximate surface area is 205 Å². The van der Waals surface area contributed by atoms with Crippen molar-refractivity contribution < 1.29 is 23.8 Å². The number of amides is 2. The highest BCUT2D eigenvalue weighted by atomic mass is 32.1. The Bertz CT molecular complexity index is 1190. The minimum Gasteiger partial charge on any atom is -0.454 e. The van der Waals surface area contributed by atoms with E-state index in [1.54, 1.807) is 24.5 Å². The lowest BCUT2D eigenvalue weighted by Crippen LogP contribution is -2.42. The highest BCUT2D eigenvalue weighted by Gasteiger charge is 2.35. The summed E-state index contributed by atoms with van der Waals surface area (Å²) in [6, 6.07) is 12.9. The molecule has 0 spiro atoms. The maximum atomic E-state index is 13.6. The molecule has 10 heteroatoms. The maximum absolute atomic E-state index is 13.6. The van der Waals surface area contributed by atoms with E-state index in [-0.39, 0.29) is 31.2 Å². The van der Waals surface area contributed by atoms with Gasteiger partial charge >= 0.3 is 0 Å². The Kier molecular flexibility index (Phi) is 6.61. The smallest absolute Gasteiger partial charge is 0.264 e. The molecule has 0 N–H and O–H groups in total. The van der Waals surface area contributed by atoms with E-state index in [0.717, 1.165) is 16.2 Å². The van der Waals surface area contributed by atoms with Crippen LogP contribution in [-0.2, 0) is 9.53 Å². The second kappa shape index (κ2) is 9.96. The van der Waals surface area contributed by atoms with Crippen LogP contribution < -0.4 is 9.47 Å². The Morgan fingerprint density at radius 2 is 1.97 bits per heavy atom. The summed E-state index contributed by atoms with van der Waals surface area (Å²) >= 11 is 2.94. The molecular formula is C24H23N3O5S2. The predicted octanol–water partition coefficient (Wildman–Crippen LogP) is 4.00. The lowest BCUT2D eigenvalue weighted by atomic mass is 10.0. The van der Waals surface area contributed by atoms with E-state index in [0.29, 0.717) is 35.9 Å². The van der Waals surface area contributed by atoms with Crippen LogP contribution in [-0.4, -0.2) is 61.0 Å². The Morgan fingerprint density at radius 1 is 1.15 bits per heavy atom. The molecule has 2 aliphatic rings. The largest absolute Gasteiger partial charge is 0.454 e. The molecule has 2 amide bonds. The number of hydrazone groups is 1. The molecule has 3 aromatic rings. The van der Waals surface area contributed by atoms with Gasteiger partial charge in [-0.15, -0.1) is 22.7 Å². The predicted molar refractivity (Wildman–Crippen MR) is 130 cm³/mol. The molecule has 0 aliphatic carbocycles. The molecule has 0 fully saturated rings. The van der Waals surface area contributed by atoms with Gasteiger partial charge in [-0.3, -0.25) is 9.59 Å². The van der Waals surface area contributed by atoms with Gasteiger partial charge in [-0.25, -0.2) is 5.01 Å². The summed E-state index contributed by atoms with van der Waals surface area (Å²) in [4.78, 5) is 29.7. The van der Waals surface area contributed by atoms with Crippen molar-refractivity contribution in [3.8, 4) is 11.5 Å². The van der Waals surface area contributed by atoms with E-state index in [9.17, 15) is 9.59 Å². The average molecular weight is 498 g/mol. The van der Waals surface area contributed by atoms with E-state index >= 15 is 0 Å². The monoisotopic (exact) mass is 497 g/mol. The van der Waals surface area contributed by atoms with E-state index in [1.165, 1.54) is 21.2 Å². The van der Waals surface area contributed by atoms with Gasteiger partial charge in [0, 0.05) is 20.1 Å². The summed E-state index contributed by atoms with van der Waals surface area (Å²) in [6.07, 6.45) is 0.572. The number of carbonyl (C=O) groups is 2. The number of benzene rings is 1. The third-order valence-electron chi connectivity index (χ3n) is 5.66. The van der Waals surface area contributed by atoms with Gasteiger partial charge in [-0.2, -0.15) is 5.10 Å². The fraction of sp³-hybridized carbons (Fsp3) is 0.292. The molecule has 0 saturated carbocycles. The topological polar surface area (TPSA) is 80.7 Å². The quantitative estimate of drug-likeness (QED) is 0.470. The highest BCUT2D eigenvalue weighted by Crippen LogP contribution is 2.39. The number of carbonyl (C=O) groups excluding carboxylic acids is 2. The first kappa shape index (κ1) is 22.6. The molecular weight excluding hydrogens is 474 g/mol. The number of thiophene rings is 2. The first-order chi connectivity index (χ1) is 16.6. The van der Waals surface area contributed by atoms with Crippen LogP contribution in [0.5, 0.6) is 11.5 Å². The standard InChI is InChI=1S/C24H23N3O5S2/c1-30-9-8-26(24(29)22-5-3-11-34-22)14-23(28)27-18(13-17(25-27)21-4-2-10-33-21)16-6-7-19-20(12-16)32-15-31-19/h2-7,10-12,18H,8-9,13-15H2,1H3/t18-/m0/s1. The molecule has 176 valence electrons. The van der Waals surface area contributed by atoms with Gasteiger partial charge in [-0.05, 0) is 40.6 Å². The fourth-order valence-electron chi connectivity index (χ4n) is 3.96. The van der Waals surface area contributed by atoms with E-state index < -0.39 is 0 Å². The lowest BCUT2D eigenvalue weighted by molar-refractivity contribution is -0.133. The van der Waals surface area contributed by atoms with Crippen LogP contribution in [0.15, 0.2) is 58.3 Å². The van der Waals surface area contributed by atoms with Crippen LogP contribution in [0, 0.1) is 0 Å². The zero-order valence-corrected chi connectivity index (χ0v) is 20.1. The number of fused-ring (bicyclic) bond motifs is 1. The number of hydrogen-bond donors (Lipinski definition) is 0. The van der Waals surface area contributed by atoms with Crippen molar-refractivity contribution >= 4 is 40.2 Å². The number of ether oxygens (including phenoxy) is 3. The van der Waals surface area contributed by atoms with Gasteiger partial charge < -0.3 is 19.1 Å². The van der Waals surface area contributed by atoms with E-state index in [1.807, 2.05) is 47.2 Å². The number of rotatable bonds is 8. The molecule has 0 radical (unpaired) electrons. The third kappa shape index (κ3) is 4.56. The van der Waals surface area contributed by atoms with E-state index in [4.69, 9.17) is 19.3 Å². The average Bonchev–Trinajstić information content (AvgIpc) is 3.66. The van der Waals surface area contributed by atoms with Crippen molar-refractivity contribution in [2.75, 3.05) is 33.6 Å². The van der Waals surface area contributed by atoms with Crippen molar-refractivity contribution in [2.45, 2.75) is 12.5 Å². The van der Waals surface area contributed by atoms with Gasteiger partial charge in [0.1, 0.15) is 6.54 Å². The molecule has 2 aromatic heterocycles. The van der Waals surface area contributed by atoms with Crippen molar-refractivity contribution in [3.05, 3.63) is 68.5 Å². The zero-order chi connectivity index (χ0) is 23.5. The number of nitrogens with zero attached hydrogens (tertiary/aromatic N) is 3. The van der Waals surface area contributed by atoms with Gasteiger partial charge in [0.2, 0.25) is 6.79 Å². The first-order valence-corrected chi connectivity index (χ1v) is 12.5. The molecule has 34 heavy (non-hydrogen) atoms. The molecule has 4 heterocycles. The molecule has 1 atom stereocenters. The normalized spacial score (nSPS) is 16.6. The number of methoxy groups -OCH3 is 1. The van der Waals surface area contributed by atoms with Gasteiger partial charge in [-0.1, -0.05) is 18.2 Å².